The molecule has 0 unspecified atom stereocenters. The number of halogens is 2. The van der Waals surface area contributed by atoms with Crippen LogP contribution in [-0.4, -0.2) is 0 Å². The molecule has 4 heavy (non-hydrogen) atoms. The van der Waals surface area contributed by atoms with E-state index in [9.17, 15) is 0 Å². The van der Waals surface area contributed by atoms with Crippen LogP contribution in [0, 0.1) is 0 Å². The quantitative estimate of drug-likeness (QED) is 0.409. The number of hydrogen-bond acceptors (Lipinski definition) is 0. The van der Waals surface area contributed by atoms with Crippen LogP contribution in [0.5, 0.6) is 0 Å². The molecule has 0 atom stereocenters. The molecule has 0 fully saturated rings. The molecule has 0 amide bonds. The average Bonchev–Trinajstić information content (AvgIpc) is 0.918. The van der Waals surface area contributed by atoms with Gasteiger partial charge in [0.1, 0.15) is 0 Å². The molecule has 4 heteroatoms. The first-order valence-electron chi connectivity index (χ1n) is 0.535. The van der Waals surface area contributed by atoms with E-state index in [-0.39, 0.29) is 32.5 Å². The normalized spacial score (nSPS) is 2.50. The summed E-state index contributed by atoms with van der Waals surface area (Å²) in [7, 11) is 0.0650. The molecule has 0 bridgehead atoms. The van der Waals surface area contributed by atoms with Crippen LogP contribution in [0.4, 0.5) is 0 Å². The van der Waals surface area contributed by atoms with Crippen molar-refractivity contribution in [2.24, 2.45) is 0 Å². The van der Waals surface area contributed by atoms with Crippen molar-refractivity contribution in [1.29, 1.82) is 0 Å². The zero-order valence-electron chi connectivity index (χ0n) is 1.76. The third-order valence-electron chi connectivity index (χ3n) is 0. The maximum atomic E-state index is 2.46. The average molecular weight is 427 g/mol. The second-order valence-corrected chi connectivity index (χ2v) is 23.6. The Hall–Kier alpha value is 2.82. The summed E-state index contributed by atoms with van der Waals surface area (Å²) in [5, 5.41) is 0. The first kappa shape index (κ1) is 9.95. The fourth-order valence-electron chi connectivity index (χ4n) is 0. The molecular weight excluding hydrogens is 427 g/mol. The van der Waals surface area contributed by atoms with Gasteiger partial charge in [-0.1, -0.05) is 0 Å². The summed E-state index contributed by atoms with van der Waals surface area (Å²) in [6, 6.07) is 0. The first-order valence-corrected chi connectivity index (χ1v) is 18.6. The summed E-state index contributed by atoms with van der Waals surface area (Å²) < 4.78 is 0. The Kier molecular flexibility index (Phi) is 23.0. The Balaban J connectivity index is 0. The summed E-state index contributed by atoms with van der Waals surface area (Å²) in [4.78, 5) is 0. The molecule has 0 aromatic heterocycles. The molecule has 27 valence electrons. The van der Waals surface area contributed by atoms with Crippen molar-refractivity contribution in [1.82, 2.24) is 0 Å². The molecule has 0 nitrogen and oxygen atoms in total. The SMILES string of the molecule is [Ag].[I][Zn][I]. The molecule has 0 saturated heterocycles. The van der Waals surface area contributed by atoms with Gasteiger partial charge in [-0.2, -0.15) is 0 Å². The monoisotopic (exact) mass is 425 g/mol. The Labute approximate surface area is 70.3 Å². The van der Waals surface area contributed by atoms with E-state index in [1.165, 1.54) is 0 Å². The summed E-state index contributed by atoms with van der Waals surface area (Å²) in [5.74, 6) is 0. The topological polar surface area (TPSA) is 0 Å². The predicted octanol–water partition coefficient (Wildman–Crippen LogP) is 1.77. The van der Waals surface area contributed by atoms with Crippen LogP contribution in [0.3, 0.4) is 0 Å². The fraction of sp³-hybridized carbons (Fsp3) is 0. The van der Waals surface area contributed by atoms with Crippen molar-refractivity contribution >= 4 is 39.5 Å². The summed E-state index contributed by atoms with van der Waals surface area (Å²) >= 11 is 4.93. The van der Waals surface area contributed by atoms with Gasteiger partial charge in [0.05, 0.1) is 0 Å². The van der Waals surface area contributed by atoms with Gasteiger partial charge in [0.15, 0.2) is 0 Å². The Morgan fingerprint density at radius 1 is 1.25 bits per heavy atom. The van der Waals surface area contributed by atoms with Gasteiger partial charge < -0.3 is 0 Å². The van der Waals surface area contributed by atoms with Crippen molar-refractivity contribution in [3.8, 4) is 0 Å². The van der Waals surface area contributed by atoms with Gasteiger partial charge >= 0.3 is 49.6 Å². The van der Waals surface area contributed by atoms with Crippen LogP contribution in [0.2, 0.25) is 0 Å². The molecular formula is AgI2Zn. The minimum absolute atomic E-state index is 0. The maximum absolute atomic E-state index is 2.46. The van der Waals surface area contributed by atoms with E-state index in [2.05, 4.69) is 39.5 Å². The van der Waals surface area contributed by atoms with Crippen molar-refractivity contribution < 1.29 is 32.5 Å². The standard InChI is InChI=1S/Ag.2HI.Zn/h;2*1H;/q;;;+2/p-2. The number of rotatable bonds is 0. The van der Waals surface area contributed by atoms with E-state index in [4.69, 9.17) is 0 Å². The molecule has 0 saturated carbocycles. The van der Waals surface area contributed by atoms with Gasteiger partial charge in [-0.15, -0.1) is 0 Å². The molecule has 0 aromatic rings. The first-order chi connectivity index (χ1) is 1.41. The summed E-state index contributed by atoms with van der Waals surface area (Å²) in [6.45, 7) is 0. The summed E-state index contributed by atoms with van der Waals surface area (Å²) in [5.41, 5.74) is 0. The van der Waals surface area contributed by atoms with E-state index in [0.717, 1.165) is 0 Å². The van der Waals surface area contributed by atoms with Crippen molar-refractivity contribution in [2.45, 2.75) is 0 Å². The van der Waals surface area contributed by atoms with Gasteiger partial charge in [-0.05, 0) is 0 Å². The van der Waals surface area contributed by atoms with Crippen molar-refractivity contribution in [3.63, 3.8) is 0 Å². The zero-order chi connectivity index (χ0) is 2.71. The predicted molar refractivity (Wildman–Crippen MR) is 28.0 cm³/mol. The molecule has 1 radical (unpaired) electrons. The Morgan fingerprint density at radius 3 is 1.25 bits per heavy atom. The summed E-state index contributed by atoms with van der Waals surface area (Å²) in [6.07, 6.45) is 0. The van der Waals surface area contributed by atoms with E-state index in [1.807, 2.05) is 0 Å². The van der Waals surface area contributed by atoms with Gasteiger partial charge in [0, 0.05) is 22.4 Å². The van der Waals surface area contributed by atoms with Gasteiger partial charge in [0.2, 0.25) is 0 Å². The Morgan fingerprint density at radius 2 is 1.25 bits per heavy atom. The molecule has 0 aromatic carbocycles. The van der Waals surface area contributed by atoms with Gasteiger partial charge in [-0.3, -0.25) is 0 Å². The van der Waals surface area contributed by atoms with Gasteiger partial charge in [0.25, 0.3) is 0 Å². The van der Waals surface area contributed by atoms with E-state index >= 15 is 0 Å². The molecule has 0 N–H and O–H groups in total. The third kappa shape index (κ3) is 8.85. The van der Waals surface area contributed by atoms with Crippen LogP contribution >= 0.6 is 39.5 Å². The molecule has 0 rings (SSSR count). The van der Waals surface area contributed by atoms with Crippen molar-refractivity contribution in [3.05, 3.63) is 0 Å². The molecule has 0 aliphatic heterocycles. The zero-order valence-corrected chi connectivity index (χ0v) is 10.5. The number of hydrogen-bond donors (Lipinski definition) is 0. The van der Waals surface area contributed by atoms with Crippen LogP contribution in [-0.2, 0) is 32.5 Å². The van der Waals surface area contributed by atoms with E-state index in [0.29, 0.717) is 0 Å². The van der Waals surface area contributed by atoms with Gasteiger partial charge in [-0.25, -0.2) is 0 Å². The molecule has 0 heterocycles. The second kappa shape index (κ2) is 9.27. The minimum atomic E-state index is 0. The fourth-order valence-corrected chi connectivity index (χ4v) is 0. The van der Waals surface area contributed by atoms with Crippen LogP contribution in [0.25, 0.3) is 0 Å². The Bertz CT molecular complexity index is 6.00. The van der Waals surface area contributed by atoms with E-state index in [1.54, 1.807) is 0 Å². The van der Waals surface area contributed by atoms with Crippen LogP contribution in [0.1, 0.15) is 0 Å². The third-order valence-corrected chi connectivity index (χ3v) is 0. The molecule has 0 aliphatic carbocycles. The second-order valence-electron chi connectivity index (χ2n) is 0.101. The van der Waals surface area contributed by atoms with E-state index < -0.39 is 0 Å². The molecule has 0 spiro atoms. The molecule has 0 aliphatic rings. The van der Waals surface area contributed by atoms with Crippen LogP contribution in [0.15, 0.2) is 0 Å². The van der Waals surface area contributed by atoms with Crippen molar-refractivity contribution in [2.75, 3.05) is 0 Å². The van der Waals surface area contributed by atoms with Crippen LogP contribution < -0.4 is 0 Å².